The van der Waals surface area contributed by atoms with E-state index in [1.807, 2.05) is 40.7 Å². The zero-order valence-corrected chi connectivity index (χ0v) is 21.9. The van der Waals surface area contributed by atoms with Gasteiger partial charge in [-0.1, -0.05) is 12.1 Å². The van der Waals surface area contributed by atoms with Gasteiger partial charge in [0.2, 0.25) is 11.8 Å². The van der Waals surface area contributed by atoms with Gasteiger partial charge < -0.3 is 19.9 Å². The quantitative estimate of drug-likeness (QED) is 0.651. The van der Waals surface area contributed by atoms with Crippen LogP contribution in [0.5, 0.6) is 0 Å². The first kappa shape index (κ1) is 26.0. The van der Waals surface area contributed by atoms with Crippen LogP contribution in [0, 0.1) is 11.3 Å². The van der Waals surface area contributed by atoms with Gasteiger partial charge in [0.15, 0.2) is 0 Å². The largest absolute Gasteiger partial charge is 0.444 e. The molecule has 194 valence electrons. The molecule has 0 saturated carbocycles. The molecule has 5 atom stereocenters. The molecule has 0 spiro atoms. The summed E-state index contributed by atoms with van der Waals surface area (Å²) in [5, 5.41) is 11.9. The molecule has 0 radical (unpaired) electrons. The number of nitriles is 1. The molecule has 2 bridgehead atoms. The third-order valence-electron chi connectivity index (χ3n) is 7.50. The Labute approximate surface area is 213 Å². The highest BCUT2D eigenvalue weighted by Gasteiger charge is 2.52. The Morgan fingerprint density at radius 1 is 1.25 bits per heavy atom. The van der Waals surface area contributed by atoms with Gasteiger partial charge in [0.05, 0.1) is 23.7 Å². The standard InChI is InChI=1S/C27H37N5O4/c1-17-7-6-12-31(17)24(33)22(29-26(35)36-27(3,4)5)16-30-15-21-13-23(30)25(34)32(21)18(2)20-10-8-19(14-28)9-11-20/h8-11,17-18,21-23H,6-7,12-13,15-16H2,1-5H3,(H,29,35)/t17?,18?,21-,22?,23?/m0/s1. The Balaban J connectivity index is 1.46. The molecule has 3 fully saturated rings. The second kappa shape index (κ2) is 10.1. The molecule has 3 amide bonds. The average Bonchev–Trinajstić information content (AvgIpc) is 3.51. The van der Waals surface area contributed by atoms with Crippen molar-refractivity contribution in [3.05, 3.63) is 35.4 Å². The van der Waals surface area contributed by atoms with Crippen molar-refractivity contribution in [1.82, 2.24) is 20.0 Å². The van der Waals surface area contributed by atoms with Gasteiger partial charge in [-0.2, -0.15) is 5.26 Å². The summed E-state index contributed by atoms with van der Waals surface area (Å²) >= 11 is 0. The number of carbonyl (C=O) groups excluding carboxylic acids is 3. The summed E-state index contributed by atoms with van der Waals surface area (Å²) in [6.07, 6.45) is 1.97. The third-order valence-corrected chi connectivity index (χ3v) is 7.50. The van der Waals surface area contributed by atoms with Gasteiger partial charge in [0.25, 0.3) is 0 Å². The monoisotopic (exact) mass is 495 g/mol. The van der Waals surface area contributed by atoms with E-state index in [9.17, 15) is 14.4 Å². The van der Waals surface area contributed by atoms with E-state index >= 15 is 0 Å². The molecule has 4 rings (SSSR count). The van der Waals surface area contributed by atoms with Gasteiger partial charge in [-0.15, -0.1) is 0 Å². The van der Waals surface area contributed by atoms with Crippen molar-refractivity contribution in [2.24, 2.45) is 0 Å². The van der Waals surface area contributed by atoms with Gasteiger partial charge in [0, 0.05) is 31.7 Å². The molecule has 9 heteroatoms. The summed E-state index contributed by atoms with van der Waals surface area (Å²) in [6.45, 7) is 11.0. The number of hydrogen-bond acceptors (Lipinski definition) is 6. The van der Waals surface area contributed by atoms with Crippen molar-refractivity contribution in [1.29, 1.82) is 5.26 Å². The van der Waals surface area contributed by atoms with Crippen molar-refractivity contribution < 1.29 is 19.1 Å². The summed E-state index contributed by atoms with van der Waals surface area (Å²) < 4.78 is 5.43. The first-order valence-electron chi connectivity index (χ1n) is 12.8. The third kappa shape index (κ3) is 5.34. The molecule has 9 nitrogen and oxygen atoms in total. The minimum Gasteiger partial charge on any atom is -0.444 e. The van der Waals surface area contributed by atoms with E-state index in [4.69, 9.17) is 10.00 Å². The van der Waals surface area contributed by atoms with E-state index in [0.717, 1.165) is 18.4 Å². The highest BCUT2D eigenvalue weighted by Crippen LogP contribution is 2.38. The molecule has 1 N–H and O–H groups in total. The van der Waals surface area contributed by atoms with Gasteiger partial charge in [-0.05, 0) is 71.6 Å². The van der Waals surface area contributed by atoms with E-state index in [-0.39, 0.29) is 42.5 Å². The molecule has 1 aromatic carbocycles. The van der Waals surface area contributed by atoms with Crippen LogP contribution in [0.1, 0.15) is 71.0 Å². The van der Waals surface area contributed by atoms with E-state index in [1.54, 1.807) is 32.9 Å². The van der Waals surface area contributed by atoms with E-state index < -0.39 is 17.7 Å². The molecule has 0 aromatic heterocycles. The number of benzene rings is 1. The number of ether oxygens (including phenoxy) is 1. The molecular weight excluding hydrogens is 458 g/mol. The lowest BCUT2D eigenvalue weighted by atomic mass is 10.0. The summed E-state index contributed by atoms with van der Waals surface area (Å²) in [7, 11) is 0. The number of alkyl carbamates (subject to hydrolysis) is 1. The molecule has 36 heavy (non-hydrogen) atoms. The molecule has 0 aliphatic carbocycles. The first-order chi connectivity index (χ1) is 17.0. The normalized spacial score (nSPS) is 25.6. The van der Waals surface area contributed by atoms with Crippen molar-refractivity contribution >= 4 is 17.9 Å². The molecular formula is C27H37N5O4. The molecule has 3 heterocycles. The lowest BCUT2D eigenvalue weighted by molar-refractivity contribution is -0.141. The fraction of sp³-hybridized carbons (Fsp3) is 0.630. The lowest BCUT2D eigenvalue weighted by Crippen LogP contribution is -2.59. The lowest BCUT2D eigenvalue weighted by Gasteiger charge is -2.39. The van der Waals surface area contributed by atoms with Crippen molar-refractivity contribution in [3.63, 3.8) is 0 Å². The topological polar surface area (TPSA) is 106 Å². The number of carbonyl (C=O) groups is 3. The minimum atomic E-state index is -0.781. The zero-order valence-electron chi connectivity index (χ0n) is 21.9. The maximum Gasteiger partial charge on any atom is 0.408 e. The number of rotatable bonds is 6. The summed E-state index contributed by atoms with van der Waals surface area (Å²) in [6, 6.07) is 8.43. The minimum absolute atomic E-state index is 0.0381. The van der Waals surface area contributed by atoms with Crippen LogP contribution in [0.15, 0.2) is 24.3 Å². The number of likely N-dealkylation sites (tertiary alicyclic amines) is 3. The molecule has 3 aliphatic heterocycles. The highest BCUT2D eigenvalue weighted by molar-refractivity contribution is 5.88. The smallest absolute Gasteiger partial charge is 0.408 e. The maximum absolute atomic E-state index is 13.5. The van der Waals surface area contributed by atoms with Crippen LogP contribution in [-0.2, 0) is 14.3 Å². The van der Waals surface area contributed by atoms with Crippen LogP contribution < -0.4 is 5.32 Å². The van der Waals surface area contributed by atoms with Gasteiger partial charge in [-0.25, -0.2) is 4.79 Å². The second-order valence-corrected chi connectivity index (χ2v) is 11.2. The number of fused-ring (bicyclic) bond motifs is 2. The van der Waals surface area contributed by atoms with Crippen LogP contribution >= 0.6 is 0 Å². The predicted octanol–water partition coefficient (Wildman–Crippen LogP) is 2.81. The zero-order chi connectivity index (χ0) is 26.2. The molecule has 4 unspecified atom stereocenters. The van der Waals surface area contributed by atoms with E-state index in [2.05, 4.69) is 11.4 Å². The Morgan fingerprint density at radius 2 is 1.94 bits per heavy atom. The molecule has 3 saturated heterocycles. The summed E-state index contributed by atoms with van der Waals surface area (Å²) in [5.41, 5.74) is 0.902. The Morgan fingerprint density at radius 3 is 2.50 bits per heavy atom. The summed E-state index contributed by atoms with van der Waals surface area (Å²) in [4.78, 5) is 45.3. The number of hydrogen-bond donors (Lipinski definition) is 1. The maximum atomic E-state index is 13.5. The van der Waals surface area contributed by atoms with Crippen LogP contribution in [0.25, 0.3) is 0 Å². The second-order valence-electron chi connectivity index (χ2n) is 11.2. The van der Waals surface area contributed by atoms with Crippen LogP contribution in [0.2, 0.25) is 0 Å². The van der Waals surface area contributed by atoms with E-state index in [0.29, 0.717) is 25.1 Å². The van der Waals surface area contributed by atoms with Crippen molar-refractivity contribution in [2.45, 2.75) is 89.7 Å². The van der Waals surface area contributed by atoms with Gasteiger partial charge in [-0.3, -0.25) is 14.5 Å². The van der Waals surface area contributed by atoms with Gasteiger partial charge >= 0.3 is 6.09 Å². The Kier molecular flexibility index (Phi) is 7.28. The number of amides is 3. The molecule has 1 aromatic rings. The van der Waals surface area contributed by atoms with Crippen molar-refractivity contribution in [3.8, 4) is 6.07 Å². The van der Waals surface area contributed by atoms with Crippen LogP contribution in [0.4, 0.5) is 4.79 Å². The molecule has 3 aliphatic rings. The first-order valence-corrected chi connectivity index (χ1v) is 12.8. The fourth-order valence-electron chi connectivity index (χ4n) is 5.73. The van der Waals surface area contributed by atoms with Gasteiger partial charge in [0.1, 0.15) is 11.6 Å². The number of piperazine rings is 1. The summed E-state index contributed by atoms with van der Waals surface area (Å²) in [5.74, 6) is -0.0787. The van der Waals surface area contributed by atoms with Crippen LogP contribution in [-0.4, -0.2) is 82.0 Å². The predicted molar refractivity (Wildman–Crippen MR) is 134 cm³/mol. The number of nitrogens with zero attached hydrogens (tertiary/aromatic N) is 4. The van der Waals surface area contributed by atoms with E-state index in [1.165, 1.54) is 0 Å². The average molecular weight is 496 g/mol. The van der Waals surface area contributed by atoms with Crippen molar-refractivity contribution in [2.75, 3.05) is 19.6 Å². The fourth-order valence-corrected chi connectivity index (χ4v) is 5.73. The highest BCUT2D eigenvalue weighted by atomic mass is 16.6. The van der Waals surface area contributed by atoms with Crippen LogP contribution in [0.3, 0.4) is 0 Å². The Bertz CT molecular complexity index is 1040. The SMILES string of the molecule is CC1CCCN1C(=O)C(CN1C[C@@H]2CC1C(=O)N2C(C)c1ccc(C#N)cc1)NC(=O)OC(C)(C)C. The number of nitrogens with one attached hydrogen (secondary N) is 1. The Hall–Kier alpha value is -3.12.